The summed E-state index contributed by atoms with van der Waals surface area (Å²) >= 11 is 1.75. The fourth-order valence-electron chi connectivity index (χ4n) is 4.13. The Kier molecular flexibility index (Phi) is 10.5. The number of halogens is 6. The summed E-state index contributed by atoms with van der Waals surface area (Å²) in [5.74, 6) is -4.35. The van der Waals surface area contributed by atoms with Crippen molar-refractivity contribution in [3.8, 4) is 0 Å². The first-order valence-electron chi connectivity index (χ1n) is 11.9. The number of carboxylic acids is 2. The molecule has 4 heterocycles. The van der Waals surface area contributed by atoms with Gasteiger partial charge in [0, 0.05) is 31.7 Å². The number of rotatable bonds is 3. The van der Waals surface area contributed by atoms with Crippen LogP contribution < -0.4 is 5.32 Å². The Balaban J connectivity index is 0.000000349. The van der Waals surface area contributed by atoms with Crippen molar-refractivity contribution in [1.82, 2.24) is 29.9 Å². The highest BCUT2D eigenvalue weighted by Crippen LogP contribution is 2.35. The summed E-state index contributed by atoms with van der Waals surface area (Å²) < 4.78 is 65.5. The number of aliphatic carboxylic acids is 2. The average molecular weight is 617 g/mol. The Morgan fingerprint density at radius 2 is 1.59 bits per heavy atom. The van der Waals surface area contributed by atoms with E-state index in [1.807, 2.05) is 25.3 Å². The van der Waals surface area contributed by atoms with Crippen LogP contribution in [0.15, 0.2) is 16.8 Å². The van der Waals surface area contributed by atoms with E-state index in [-0.39, 0.29) is 17.0 Å². The van der Waals surface area contributed by atoms with Crippen LogP contribution in [-0.4, -0.2) is 96.2 Å². The van der Waals surface area contributed by atoms with E-state index in [1.54, 1.807) is 11.3 Å². The number of hydrogen-bond acceptors (Lipinski definition) is 8. The van der Waals surface area contributed by atoms with Crippen molar-refractivity contribution in [2.75, 3.05) is 20.1 Å². The van der Waals surface area contributed by atoms with Crippen molar-refractivity contribution in [2.24, 2.45) is 0 Å². The summed E-state index contributed by atoms with van der Waals surface area (Å²) in [6.07, 6.45) is -9.08. The second kappa shape index (κ2) is 12.7. The first-order valence-corrected chi connectivity index (χ1v) is 12.9. The van der Waals surface area contributed by atoms with Crippen LogP contribution in [0.1, 0.15) is 49.2 Å². The fraction of sp³-hybridized carbons (Fsp3) is 0.609. The van der Waals surface area contributed by atoms with E-state index in [4.69, 9.17) is 19.8 Å². The Bertz CT molecular complexity index is 1190. The van der Waals surface area contributed by atoms with Gasteiger partial charge in [-0.15, -0.1) is 10.2 Å². The van der Waals surface area contributed by atoms with Gasteiger partial charge in [-0.05, 0) is 56.6 Å². The molecule has 2 aliphatic heterocycles. The highest BCUT2D eigenvalue weighted by molar-refractivity contribution is 7.07. The molecule has 0 bridgehead atoms. The van der Waals surface area contributed by atoms with E-state index >= 15 is 0 Å². The van der Waals surface area contributed by atoms with Crippen molar-refractivity contribution >= 4 is 29.2 Å². The zero-order valence-corrected chi connectivity index (χ0v) is 23.3. The van der Waals surface area contributed by atoms with E-state index in [1.165, 1.54) is 5.56 Å². The minimum atomic E-state index is -5.08. The smallest absolute Gasteiger partial charge is 0.475 e. The van der Waals surface area contributed by atoms with Gasteiger partial charge in [-0.2, -0.15) is 37.7 Å². The third-order valence-electron chi connectivity index (χ3n) is 6.04. The summed E-state index contributed by atoms with van der Waals surface area (Å²) in [5, 5.41) is 30.1. The van der Waals surface area contributed by atoms with E-state index < -0.39 is 24.3 Å². The average Bonchev–Trinajstić information content (AvgIpc) is 3.54. The molecule has 0 saturated carbocycles. The number of aromatic nitrogens is 3. The van der Waals surface area contributed by atoms with Gasteiger partial charge < -0.3 is 20.1 Å². The molecule has 1 spiro atoms. The lowest BCUT2D eigenvalue weighted by Gasteiger charge is -2.43. The van der Waals surface area contributed by atoms with E-state index in [0.29, 0.717) is 5.82 Å². The first kappa shape index (κ1) is 34.0. The molecule has 230 valence electrons. The van der Waals surface area contributed by atoms with Crippen LogP contribution in [0.4, 0.5) is 26.3 Å². The van der Waals surface area contributed by atoms with Crippen LogP contribution >= 0.6 is 11.3 Å². The SMILES string of the molecule is CN1Cc2nnc(C(=O)NC(C)(C)C)n2CC12CCN(Cc1ccsc1)C2.O=C(O)C(F)(F)F.O=C(O)C(F)(F)F. The second-order valence-corrected chi connectivity index (χ2v) is 11.3. The number of likely N-dealkylation sites (N-methyl/N-ethyl adjacent to an activating group) is 1. The summed E-state index contributed by atoms with van der Waals surface area (Å²) in [5.41, 5.74) is 1.12. The number of carbonyl (C=O) groups excluding carboxylic acids is 1. The number of alkyl halides is 6. The van der Waals surface area contributed by atoms with Crippen LogP contribution in [0.25, 0.3) is 0 Å². The molecule has 41 heavy (non-hydrogen) atoms. The molecule has 1 amide bonds. The molecule has 11 nitrogen and oxygen atoms in total. The lowest BCUT2D eigenvalue weighted by molar-refractivity contribution is -0.193. The van der Waals surface area contributed by atoms with Crippen molar-refractivity contribution < 1.29 is 50.9 Å². The number of carboxylic acid groups (broad SMARTS) is 2. The molecule has 2 aromatic heterocycles. The van der Waals surface area contributed by atoms with E-state index in [0.717, 1.165) is 45.0 Å². The van der Waals surface area contributed by atoms with Gasteiger partial charge in [0.25, 0.3) is 5.91 Å². The van der Waals surface area contributed by atoms with Gasteiger partial charge in [-0.25, -0.2) is 9.59 Å². The zero-order valence-electron chi connectivity index (χ0n) is 22.5. The normalized spacial score (nSPS) is 19.5. The quantitative estimate of drug-likeness (QED) is 0.444. The maximum absolute atomic E-state index is 12.7. The van der Waals surface area contributed by atoms with E-state index in [2.05, 4.69) is 49.2 Å². The number of likely N-dealkylation sites (tertiary alicyclic amines) is 1. The number of carbonyl (C=O) groups is 3. The minimum Gasteiger partial charge on any atom is -0.475 e. The Hall–Kier alpha value is -3.25. The van der Waals surface area contributed by atoms with Crippen LogP contribution in [0.3, 0.4) is 0 Å². The Morgan fingerprint density at radius 3 is 2.05 bits per heavy atom. The number of hydrogen-bond donors (Lipinski definition) is 3. The lowest BCUT2D eigenvalue weighted by atomic mass is 9.94. The first-order chi connectivity index (χ1) is 18.6. The molecular weight excluding hydrogens is 586 g/mol. The molecule has 0 aliphatic carbocycles. The van der Waals surface area contributed by atoms with E-state index in [9.17, 15) is 31.1 Å². The van der Waals surface area contributed by atoms with Gasteiger partial charge in [-0.1, -0.05) is 0 Å². The lowest BCUT2D eigenvalue weighted by Crippen LogP contribution is -2.55. The summed E-state index contributed by atoms with van der Waals surface area (Å²) in [4.78, 5) is 35.4. The number of nitrogens with one attached hydrogen (secondary N) is 1. The largest absolute Gasteiger partial charge is 0.490 e. The van der Waals surface area contributed by atoms with Gasteiger partial charge in [0.05, 0.1) is 12.1 Å². The van der Waals surface area contributed by atoms with Crippen LogP contribution in [-0.2, 0) is 29.2 Å². The molecule has 1 fully saturated rings. The fourth-order valence-corrected chi connectivity index (χ4v) is 4.79. The third kappa shape index (κ3) is 9.67. The van der Waals surface area contributed by atoms with Gasteiger partial charge in [0.15, 0.2) is 0 Å². The summed E-state index contributed by atoms with van der Waals surface area (Å²) in [7, 11) is 2.17. The van der Waals surface area contributed by atoms with Crippen LogP contribution in [0.5, 0.6) is 0 Å². The standard InChI is InChI=1S/C19H28N6OS.2C2HF3O2/c1-18(2,3)20-17(26)16-22-21-15-10-23(4)19(13-25(15)16)6-7-24(12-19)9-14-5-8-27-11-14;2*3-2(4,5)1(6)7/h5,8,11H,6-7,9-10,12-13H2,1-4H3,(H,20,26);2*(H,6,7). The predicted octanol–water partition coefficient (Wildman–Crippen LogP) is 3.22. The predicted molar refractivity (Wildman–Crippen MR) is 133 cm³/mol. The summed E-state index contributed by atoms with van der Waals surface area (Å²) in [6.45, 7) is 10.5. The molecule has 18 heteroatoms. The van der Waals surface area contributed by atoms with Crippen molar-refractivity contribution in [3.63, 3.8) is 0 Å². The van der Waals surface area contributed by atoms with Crippen molar-refractivity contribution in [1.29, 1.82) is 0 Å². The minimum absolute atomic E-state index is 0.0299. The van der Waals surface area contributed by atoms with Gasteiger partial charge in [-0.3, -0.25) is 14.6 Å². The molecule has 0 aromatic carbocycles. The number of nitrogens with zero attached hydrogens (tertiary/aromatic N) is 5. The molecule has 1 unspecified atom stereocenters. The second-order valence-electron chi connectivity index (χ2n) is 10.5. The molecule has 0 radical (unpaired) electrons. The summed E-state index contributed by atoms with van der Waals surface area (Å²) in [6, 6.07) is 2.20. The maximum atomic E-state index is 12.7. The number of fused-ring (bicyclic) bond motifs is 1. The van der Waals surface area contributed by atoms with Gasteiger partial charge >= 0.3 is 24.3 Å². The molecule has 1 atom stereocenters. The highest BCUT2D eigenvalue weighted by atomic mass is 32.1. The van der Waals surface area contributed by atoms with Crippen molar-refractivity contribution in [2.45, 2.75) is 70.3 Å². The maximum Gasteiger partial charge on any atom is 0.490 e. The molecular formula is C23H30F6N6O5S. The van der Waals surface area contributed by atoms with Gasteiger partial charge in [0.1, 0.15) is 5.82 Å². The third-order valence-corrected chi connectivity index (χ3v) is 6.77. The van der Waals surface area contributed by atoms with Crippen LogP contribution in [0, 0.1) is 0 Å². The highest BCUT2D eigenvalue weighted by Gasteiger charge is 2.46. The number of amides is 1. The molecule has 1 saturated heterocycles. The number of thiophene rings is 1. The Labute approximate surface area is 234 Å². The van der Waals surface area contributed by atoms with Crippen molar-refractivity contribution in [3.05, 3.63) is 34.0 Å². The monoisotopic (exact) mass is 616 g/mol. The molecule has 3 N–H and O–H groups in total. The van der Waals surface area contributed by atoms with Crippen LogP contribution in [0.2, 0.25) is 0 Å². The molecule has 4 rings (SSSR count). The molecule has 2 aliphatic rings. The Morgan fingerprint density at radius 1 is 1.02 bits per heavy atom. The zero-order chi connectivity index (χ0) is 31.4. The van der Waals surface area contributed by atoms with Gasteiger partial charge in [0.2, 0.25) is 5.82 Å². The topological polar surface area (TPSA) is 141 Å². The molecule has 2 aromatic rings.